The average Bonchev–Trinajstić information content (AvgIpc) is 3.14. The molecule has 0 unspecified atom stereocenters. The summed E-state index contributed by atoms with van der Waals surface area (Å²) in [5.41, 5.74) is 2.13. The topological polar surface area (TPSA) is 62.3 Å². The minimum Gasteiger partial charge on any atom is -0.351 e. The number of carbonyl (C=O) groups excluding carboxylic acids is 2. The molecule has 0 bridgehead atoms. The number of benzene rings is 1. The summed E-state index contributed by atoms with van der Waals surface area (Å²) < 4.78 is 0. The van der Waals surface area contributed by atoms with Crippen molar-refractivity contribution in [2.75, 3.05) is 13.1 Å². The van der Waals surface area contributed by atoms with E-state index in [2.05, 4.69) is 24.1 Å². The number of hydrogen-bond donors (Lipinski definition) is 1. The van der Waals surface area contributed by atoms with E-state index in [0.717, 1.165) is 41.8 Å². The first-order valence-electron chi connectivity index (χ1n) is 9.64. The van der Waals surface area contributed by atoms with Crippen molar-refractivity contribution in [2.24, 2.45) is 0 Å². The van der Waals surface area contributed by atoms with Crippen molar-refractivity contribution in [3.63, 3.8) is 0 Å². The molecule has 0 saturated heterocycles. The van der Waals surface area contributed by atoms with Crippen molar-refractivity contribution in [2.45, 2.75) is 53.0 Å². The van der Waals surface area contributed by atoms with Gasteiger partial charge in [0.2, 0.25) is 0 Å². The van der Waals surface area contributed by atoms with Crippen LogP contribution in [0, 0.1) is 6.92 Å². The van der Waals surface area contributed by atoms with Crippen molar-refractivity contribution in [1.82, 2.24) is 15.2 Å². The zero-order chi connectivity index (χ0) is 19.6. The lowest BCUT2D eigenvalue weighted by molar-refractivity contribution is 0.0740. The van der Waals surface area contributed by atoms with Crippen LogP contribution in [0.1, 0.15) is 70.9 Å². The number of nitrogens with one attached hydrogen (secondary N) is 1. The van der Waals surface area contributed by atoms with Gasteiger partial charge >= 0.3 is 0 Å². The monoisotopic (exact) mass is 387 g/mol. The number of nitrogens with zero attached hydrogens (tertiary/aromatic N) is 2. The Balaban J connectivity index is 2.09. The van der Waals surface area contributed by atoms with Crippen LogP contribution < -0.4 is 5.32 Å². The van der Waals surface area contributed by atoms with E-state index in [-0.39, 0.29) is 11.8 Å². The molecule has 6 heteroatoms. The molecule has 1 N–H and O–H groups in total. The van der Waals surface area contributed by atoms with Gasteiger partial charge in [0.1, 0.15) is 10.7 Å². The number of aryl methyl sites for hydroxylation is 1. The van der Waals surface area contributed by atoms with E-state index in [1.807, 2.05) is 36.1 Å². The third-order valence-electron chi connectivity index (χ3n) is 4.37. The molecule has 5 nitrogen and oxygen atoms in total. The number of amides is 2. The smallest absolute Gasteiger partial charge is 0.270 e. The van der Waals surface area contributed by atoms with Gasteiger partial charge in [-0.2, -0.15) is 0 Å². The van der Waals surface area contributed by atoms with E-state index in [0.29, 0.717) is 25.3 Å². The van der Waals surface area contributed by atoms with Gasteiger partial charge in [0.25, 0.3) is 11.8 Å². The first-order chi connectivity index (χ1) is 13.1. The molecule has 2 rings (SSSR count). The van der Waals surface area contributed by atoms with E-state index in [1.54, 1.807) is 5.38 Å². The van der Waals surface area contributed by atoms with Crippen LogP contribution in [0.2, 0.25) is 0 Å². The molecular formula is C21H29N3O2S. The van der Waals surface area contributed by atoms with Crippen LogP contribution in [0.4, 0.5) is 0 Å². The zero-order valence-electron chi connectivity index (χ0n) is 16.5. The fraction of sp³-hybridized carbons (Fsp3) is 0.476. The quantitative estimate of drug-likeness (QED) is 0.614. The summed E-state index contributed by atoms with van der Waals surface area (Å²) in [6.45, 7) is 7.92. The Morgan fingerprint density at radius 3 is 2.59 bits per heavy atom. The number of carbonyl (C=O) groups is 2. The molecule has 1 aromatic carbocycles. The molecule has 0 aliphatic heterocycles. The zero-order valence-corrected chi connectivity index (χ0v) is 17.3. The molecule has 0 radical (unpaired) electrons. The first-order valence-corrected chi connectivity index (χ1v) is 10.5. The molecular weight excluding hydrogens is 358 g/mol. The van der Waals surface area contributed by atoms with Gasteiger partial charge in [0.15, 0.2) is 0 Å². The number of rotatable bonds is 10. The third-order valence-corrected chi connectivity index (χ3v) is 5.20. The summed E-state index contributed by atoms with van der Waals surface area (Å²) in [6.07, 6.45) is 3.95. The van der Waals surface area contributed by atoms with Gasteiger partial charge < -0.3 is 10.2 Å². The molecule has 0 fully saturated rings. The maximum atomic E-state index is 13.0. The molecule has 2 amide bonds. The van der Waals surface area contributed by atoms with E-state index < -0.39 is 0 Å². The molecule has 0 spiro atoms. The van der Waals surface area contributed by atoms with Crippen molar-refractivity contribution >= 4 is 23.2 Å². The van der Waals surface area contributed by atoms with E-state index in [9.17, 15) is 9.59 Å². The summed E-state index contributed by atoms with van der Waals surface area (Å²) in [6, 6.07) is 7.64. The summed E-state index contributed by atoms with van der Waals surface area (Å²) in [5, 5.41) is 5.44. The lowest BCUT2D eigenvalue weighted by Gasteiger charge is -2.22. The number of unbranched alkanes of at least 4 members (excludes halogenated alkanes) is 2. The van der Waals surface area contributed by atoms with Crippen molar-refractivity contribution in [1.29, 1.82) is 0 Å². The Bertz CT molecular complexity index is 757. The van der Waals surface area contributed by atoms with Crippen LogP contribution in [0.3, 0.4) is 0 Å². The SMILES string of the molecule is CCCCNC(=O)c1csc(CN(CCCC)C(=O)c2ccccc2C)n1. The van der Waals surface area contributed by atoms with Crippen LogP contribution in [0.25, 0.3) is 0 Å². The molecule has 0 saturated carbocycles. The van der Waals surface area contributed by atoms with Crippen LogP contribution in [-0.4, -0.2) is 34.8 Å². The molecule has 0 atom stereocenters. The summed E-state index contributed by atoms with van der Waals surface area (Å²) in [4.78, 5) is 31.4. The maximum Gasteiger partial charge on any atom is 0.270 e. The van der Waals surface area contributed by atoms with E-state index in [1.165, 1.54) is 11.3 Å². The molecule has 0 aliphatic rings. The fourth-order valence-corrected chi connectivity index (χ4v) is 3.49. The highest BCUT2D eigenvalue weighted by atomic mass is 32.1. The second-order valence-corrected chi connectivity index (χ2v) is 7.57. The summed E-state index contributed by atoms with van der Waals surface area (Å²) >= 11 is 1.43. The Hall–Kier alpha value is -2.21. The van der Waals surface area contributed by atoms with Gasteiger partial charge in [-0.1, -0.05) is 44.9 Å². The predicted molar refractivity (Wildman–Crippen MR) is 110 cm³/mol. The number of thiazole rings is 1. The molecule has 1 heterocycles. The van der Waals surface area contributed by atoms with Gasteiger partial charge in [0, 0.05) is 24.0 Å². The second kappa shape index (κ2) is 10.8. The molecule has 1 aromatic heterocycles. The number of hydrogen-bond acceptors (Lipinski definition) is 4. The first kappa shape index (κ1) is 21.1. The van der Waals surface area contributed by atoms with Crippen LogP contribution >= 0.6 is 11.3 Å². The van der Waals surface area contributed by atoms with Crippen LogP contribution in [0.5, 0.6) is 0 Å². The van der Waals surface area contributed by atoms with Gasteiger partial charge in [-0.3, -0.25) is 9.59 Å². The van der Waals surface area contributed by atoms with E-state index >= 15 is 0 Å². The van der Waals surface area contributed by atoms with Crippen LogP contribution in [0.15, 0.2) is 29.6 Å². The van der Waals surface area contributed by atoms with Gasteiger partial charge in [-0.05, 0) is 31.4 Å². The Labute approximate surface area is 165 Å². The normalized spacial score (nSPS) is 10.6. The second-order valence-electron chi connectivity index (χ2n) is 6.63. The Morgan fingerprint density at radius 2 is 1.89 bits per heavy atom. The molecule has 0 aliphatic carbocycles. The Kier molecular flexibility index (Phi) is 8.45. The minimum atomic E-state index is -0.142. The minimum absolute atomic E-state index is 0.0192. The lowest BCUT2D eigenvalue weighted by Crippen LogP contribution is -2.32. The molecule has 27 heavy (non-hydrogen) atoms. The maximum absolute atomic E-state index is 13.0. The van der Waals surface area contributed by atoms with E-state index in [4.69, 9.17) is 0 Å². The van der Waals surface area contributed by atoms with Crippen molar-refractivity contribution in [3.05, 3.63) is 51.5 Å². The predicted octanol–water partition coefficient (Wildman–Crippen LogP) is 4.42. The highest BCUT2D eigenvalue weighted by molar-refractivity contribution is 7.09. The van der Waals surface area contributed by atoms with Crippen molar-refractivity contribution in [3.8, 4) is 0 Å². The standard InChI is InChI=1S/C21H29N3O2S/c1-4-6-12-22-20(25)18-15-27-19(23-18)14-24(13-7-5-2)21(26)17-11-9-8-10-16(17)3/h8-11,15H,4-7,12-14H2,1-3H3,(H,22,25). The summed E-state index contributed by atoms with van der Waals surface area (Å²) in [7, 11) is 0. The summed E-state index contributed by atoms with van der Waals surface area (Å²) in [5.74, 6) is -0.123. The Morgan fingerprint density at radius 1 is 1.15 bits per heavy atom. The largest absolute Gasteiger partial charge is 0.351 e. The van der Waals surface area contributed by atoms with Gasteiger partial charge in [0.05, 0.1) is 6.54 Å². The molecule has 2 aromatic rings. The van der Waals surface area contributed by atoms with Gasteiger partial charge in [-0.25, -0.2) is 4.98 Å². The number of aromatic nitrogens is 1. The molecule has 146 valence electrons. The third kappa shape index (κ3) is 6.17. The average molecular weight is 388 g/mol. The van der Waals surface area contributed by atoms with Gasteiger partial charge in [-0.15, -0.1) is 11.3 Å². The fourth-order valence-electron chi connectivity index (χ4n) is 2.70. The van der Waals surface area contributed by atoms with Crippen molar-refractivity contribution < 1.29 is 9.59 Å². The highest BCUT2D eigenvalue weighted by Crippen LogP contribution is 2.17. The highest BCUT2D eigenvalue weighted by Gasteiger charge is 2.19. The lowest BCUT2D eigenvalue weighted by atomic mass is 10.1. The van der Waals surface area contributed by atoms with Crippen LogP contribution in [-0.2, 0) is 6.54 Å².